The number of nitrogens with zero attached hydrogens (tertiary/aromatic N) is 6. The predicted octanol–water partition coefficient (Wildman–Crippen LogP) is 3.61. The molecule has 0 saturated carbocycles. The van der Waals surface area contributed by atoms with Crippen LogP contribution in [0.15, 0.2) is 66.9 Å². The zero-order chi connectivity index (χ0) is 20.1. The fourth-order valence-corrected chi connectivity index (χ4v) is 3.67. The molecule has 0 aliphatic carbocycles. The van der Waals surface area contributed by atoms with Crippen LogP contribution < -0.4 is 14.7 Å². The molecule has 6 nitrogen and oxygen atoms in total. The van der Waals surface area contributed by atoms with Gasteiger partial charge in [-0.05, 0) is 31.5 Å². The lowest BCUT2D eigenvalue weighted by Crippen LogP contribution is -2.47. The molecule has 6 heteroatoms. The minimum atomic E-state index is 0.315. The summed E-state index contributed by atoms with van der Waals surface area (Å²) in [5.41, 5.74) is 2.53. The average Bonchev–Trinajstić information content (AvgIpc) is 2.79. The van der Waals surface area contributed by atoms with Gasteiger partial charge in [-0.2, -0.15) is 10.1 Å². The van der Waals surface area contributed by atoms with Crippen molar-refractivity contribution in [3.8, 4) is 0 Å². The van der Waals surface area contributed by atoms with Gasteiger partial charge in [0, 0.05) is 44.5 Å². The third kappa shape index (κ3) is 4.65. The number of anilines is 3. The molecule has 4 rings (SSSR count). The number of para-hydroxylation sites is 1. The molecule has 0 radical (unpaired) electrons. The number of aromatic nitrogens is 3. The Hall–Kier alpha value is -3.15. The summed E-state index contributed by atoms with van der Waals surface area (Å²) in [6.07, 6.45) is 1.77. The van der Waals surface area contributed by atoms with E-state index in [0.29, 0.717) is 12.0 Å². The largest absolute Gasteiger partial charge is 0.368 e. The summed E-state index contributed by atoms with van der Waals surface area (Å²) in [5.74, 6) is 1.59. The third-order valence-corrected chi connectivity index (χ3v) is 5.33. The second kappa shape index (κ2) is 8.90. The maximum atomic E-state index is 4.87. The van der Waals surface area contributed by atoms with Gasteiger partial charge in [0.25, 0.3) is 0 Å². The van der Waals surface area contributed by atoms with Gasteiger partial charge in [0.15, 0.2) is 5.82 Å². The van der Waals surface area contributed by atoms with Crippen molar-refractivity contribution in [1.29, 1.82) is 0 Å². The van der Waals surface area contributed by atoms with E-state index < -0.39 is 0 Å². The lowest BCUT2D eigenvalue weighted by atomic mass is 10.2. The minimum Gasteiger partial charge on any atom is -0.368 e. The first kappa shape index (κ1) is 19.2. The molecule has 1 aliphatic heterocycles. The summed E-state index contributed by atoms with van der Waals surface area (Å²) in [4.78, 5) is 11.8. The molecular formula is C23H28N6. The monoisotopic (exact) mass is 388 g/mol. The van der Waals surface area contributed by atoms with Crippen molar-refractivity contribution in [2.24, 2.45) is 0 Å². The van der Waals surface area contributed by atoms with Crippen LogP contribution in [-0.4, -0.2) is 47.4 Å². The van der Waals surface area contributed by atoms with Crippen molar-refractivity contribution >= 4 is 17.5 Å². The summed E-state index contributed by atoms with van der Waals surface area (Å²) in [6, 6.07) is 21.4. The highest BCUT2D eigenvalue weighted by Crippen LogP contribution is 2.21. The van der Waals surface area contributed by atoms with Crippen LogP contribution in [0.25, 0.3) is 0 Å². The van der Waals surface area contributed by atoms with Crippen LogP contribution in [0.5, 0.6) is 0 Å². The maximum absolute atomic E-state index is 4.87. The lowest BCUT2D eigenvalue weighted by molar-refractivity contribution is 0.627. The van der Waals surface area contributed by atoms with Crippen LogP contribution in [0.2, 0.25) is 0 Å². The predicted molar refractivity (Wildman–Crippen MR) is 118 cm³/mol. The number of benzene rings is 2. The van der Waals surface area contributed by atoms with Crippen LogP contribution in [0.1, 0.15) is 19.4 Å². The second-order valence-corrected chi connectivity index (χ2v) is 7.63. The fraction of sp³-hybridized carbons (Fsp3) is 0.348. The Morgan fingerprint density at radius 1 is 0.862 bits per heavy atom. The highest BCUT2D eigenvalue weighted by Gasteiger charge is 2.21. The van der Waals surface area contributed by atoms with Crippen molar-refractivity contribution in [2.45, 2.75) is 26.4 Å². The molecule has 29 heavy (non-hydrogen) atoms. The van der Waals surface area contributed by atoms with Crippen molar-refractivity contribution in [3.05, 3.63) is 72.4 Å². The van der Waals surface area contributed by atoms with E-state index in [2.05, 4.69) is 93.3 Å². The zero-order valence-corrected chi connectivity index (χ0v) is 17.1. The molecule has 0 amide bonds. The van der Waals surface area contributed by atoms with Crippen molar-refractivity contribution in [2.75, 3.05) is 40.9 Å². The average molecular weight is 389 g/mol. The van der Waals surface area contributed by atoms with Crippen LogP contribution in [0, 0.1) is 0 Å². The number of hydrogen-bond acceptors (Lipinski definition) is 6. The normalized spacial score (nSPS) is 14.3. The van der Waals surface area contributed by atoms with Gasteiger partial charge in [-0.3, -0.25) is 0 Å². The van der Waals surface area contributed by atoms with E-state index in [9.17, 15) is 0 Å². The van der Waals surface area contributed by atoms with E-state index in [4.69, 9.17) is 4.98 Å². The Labute approximate surface area is 172 Å². The minimum absolute atomic E-state index is 0.315. The quantitative estimate of drug-likeness (QED) is 0.643. The molecule has 1 fully saturated rings. The summed E-state index contributed by atoms with van der Waals surface area (Å²) < 4.78 is 0. The van der Waals surface area contributed by atoms with E-state index in [1.165, 1.54) is 11.3 Å². The molecule has 1 saturated heterocycles. The highest BCUT2D eigenvalue weighted by atomic mass is 15.4. The maximum Gasteiger partial charge on any atom is 0.247 e. The fourth-order valence-electron chi connectivity index (χ4n) is 3.67. The third-order valence-electron chi connectivity index (χ3n) is 5.33. The van der Waals surface area contributed by atoms with Crippen molar-refractivity contribution in [3.63, 3.8) is 0 Å². The molecule has 0 atom stereocenters. The highest BCUT2D eigenvalue weighted by molar-refractivity contribution is 5.49. The van der Waals surface area contributed by atoms with Crippen LogP contribution in [0.3, 0.4) is 0 Å². The molecular weight excluding hydrogens is 360 g/mol. The van der Waals surface area contributed by atoms with E-state index >= 15 is 0 Å². The summed E-state index contributed by atoms with van der Waals surface area (Å²) >= 11 is 0. The molecule has 3 aromatic rings. The van der Waals surface area contributed by atoms with Crippen molar-refractivity contribution < 1.29 is 0 Å². The zero-order valence-electron chi connectivity index (χ0n) is 17.1. The van der Waals surface area contributed by atoms with Crippen LogP contribution in [0.4, 0.5) is 17.5 Å². The second-order valence-electron chi connectivity index (χ2n) is 7.63. The topological polar surface area (TPSA) is 48.4 Å². The van der Waals surface area contributed by atoms with Gasteiger partial charge in [-0.1, -0.05) is 48.5 Å². The van der Waals surface area contributed by atoms with E-state index in [1.54, 1.807) is 6.20 Å². The summed E-state index contributed by atoms with van der Waals surface area (Å²) in [7, 11) is 0. The Morgan fingerprint density at radius 3 is 2.14 bits per heavy atom. The van der Waals surface area contributed by atoms with Gasteiger partial charge in [0.2, 0.25) is 5.95 Å². The molecule has 1 aliphatic rings. The van der Waals surface area contributed by atoms with Gasteiger partial charge < -0.3 is 14.7 Å². The van der Waals surface area contributed by atoms with Gasteiger partial charge in [0.1, 0.15) is 0 Å². The van der Waals surface area contributed by atoms with E-state index in [1.807, 2.05) is 6.07 Å². The molecule has 0 N–H and O–H groups in total. The van der Waals surface area contributed by atoms with E-state index in [0.717, 1.165) is 38.5 Å². The number of rotatable bonds is 6. The molecule has 2 heterocycles. The van der Waals surface area contributed by atoms with E-state index in [-0.39, 0.29) is 0 Å². The molecule has 2 aromatic carbocycles. The van der Waals surface area contributed by atoms with Crippen molar-refractivity contribution in [1.82, 2.24) is 15.2 Å². The Kier molecular flexibility index (Phi) is 5.89. The smallest absolute Gasteiger partial charge is 0.247 e. The Bertz CT molecular complexity index is 892. The SMILES string of the molecule is CC(C)N(Cc1ccccc1)c1cnnc(N2CCN(c3ccccc3)CC2)n1. The molecule has 1 aromatic heterocycles. The van der Waals surface area contributed by atoms with Crippen LogP contribution >= 0.6 is 0 Å². The molecule has 0 bridgehead atoms. The number of piperazine rings is 1. The molecule has 0 spiro atoms. The number of hydrogen-bond donors (Lipinski definition) is 0. The summed E-state index contributed by atoms with van der Waals surface area (Å²) in [6.45, 7) is 8.86. The molecule has 150 valence electrons. The first-order chi connectivity index (χ1) is 14.2. The van der Waals surface area contributed by atoms with Gasteiger partial charge in [-0.15, -0.1) is 5.10 Å². The molecule has 0 unspecified atom stereocenters. The standard InChI is InChI=1S/C23H28N6/c1-19(2)29(18-20-9-5-3-6-10-20)22-17-24-26-23(25-22)28-15-13-27(14-16-28)21-11-7-4-8-12-21/h3-12,17,19H,13-16,18H2,1-2H3. The first-order valence-corrected chi connectivity index (χ1v) is 10.3. The van der Waals surface area contributed by atoms with Gasteiger partial charge in [-0.25, -0.2) is 0 Å². The lowest BCUT2D eigenvalue weighted by Gasteiger charge is -2.36. The van der Waals surface area contributed by atoms with Gasteiger partial charge in [0.05, 0.1) is 6.20 Å². The Morgan fingerprint density at radius 2 is 1.48 bits per heavy atom. The summed E-state index contributed by atoms with van der Waals surface area (Å²) in [5, 5.41) is 8.60. The van der Waals surface area contributed by atoms with Crippen LogP contribution in [-0.2, 0) is 6.54 Å². The first-order valence-electron chi connectivity index (χ1n) is 10.3. The van der Waals surface area contributed by atoms with Gasteiger partial charge >= 0.3 is 0 Å². The Balaban J connectivity index is 1.47.